The molecule has 6 N–H and O–H groups in total. The predicted molar refractivity (Wildman–Crippen MR) is 139 cm³/mol. The highest BCUT2D eigenvalue weighted by Gasteiger charge is 2.60. The number of nitrogens with two attached hydrogens (primary N) is 1. The molecule has 16 heteroatoms. The van der Waals surface area contributed by atoms with E-state index < -0.39 is 23.8 Å². The Morgan fingerprint density at radius 1 is 1.36 bits per heavy atom. The van der Waals surface area contributed by atoms with E-state index in [0.717, 1.165) is 11.3 Å². The van der Waals surface area contributed by atoms with Crippen LogP contribution in [0.15, 0.2) is 23.3 Å². The highest BCUT2D eigenvalue weighted by atomic mass is 32.2. The minimum absolute atomic E-state index is 0.0106. The van der Waals surface area contributed by atoms with Gasteiger partial charge in [0, 0.05) is 41.7 Å². The van der Waals surface area contributed by atoms with Gasteiger partial charge in [-0.1, -0.05) is 6.92 Å². The van der Waals surface area contributed by atoms with Crippen molar-refractivity contribution in [2.24, 2.45) is 17.7 Å². The number of aliphatic carboxylic acids is 1. The van der Waals surface area contributed by atoms with Gasteiger partial charge in [0.1, 0.15) is 24.9 Å². The Bertz CT molecular complexity index is 1200. The van der Waals surface area contributed by atoms with Crippen LogP contribution in [-0.4, -0.2) is 114 Å². The summed E-state index contributed by atoms with van der Waals surface area (Å²) in [6.07, 6.45) is 4.66. The van der Waals surface area contributed by atoms with E-state index >= 15 is 0 Å². The number of β-lactam (4-membered cyclic amide) rings is 1. The second-order valence-electron chi connectivity index (χ2n) is 10.4. The first kappa shape index (κ1) is 27.1. The number of hydrazine groups is 1. The molecule has 0 bridgehead atoms. The molecule has 6 atom stereocenters. The average molecular weight is 561 g/mol. The van der Waals surface area contributed by atoms with Crippen LogP contribution in [0.1, 0.15) is 26.3 Å². The predicted octanol–water partition coefficient (Wildman–Crippen LogP) is -1.81. The van der Waals surface area contributed by atoms with Gasteiger partial charge in [-0.25, -0.2) is 10.6 Å². The second kappa shape index (κ2) is 10.6. The third-order valence-electron chi connectivity index (χ3n) is 7.93. The standard InChI is InChI=1S/C23H32N10O5S/c1-11-18-17(12(2)29-16(34)7-32(25)8-24)22(36)33(18)19(23(37)38)20(11)39-14-3-15(26-4-14)21(35)30-5-13(6-30)31-9-27-28-10-31/h8-15,17-18,24,26H,3-7,25H2,1-2H3,(H,29,34)(H,37,38)/t11-,12-,14+,15+,17-,18?/m1/s1. The van der Waals surface area contributed by atoms with Crippen molar-refractivity contribution in [1.82, 2.24) is 40.2 Å². The molecule has 3 fully saturated rings. The van der Waals surface area contributed by atoms with Crippen molar-refractivity contribution in [3.63, 3.8) is 0 Å². The second-order valence-corrected chi connectivity index (χ2v) is 11.8. The van der Waals surface area contributed by atoms with Crippen molar-refractivity contribution in [2.45, 2.75) is 49.7 Å². The molecule has 0 aliphatic carbocycles. The Balaban J connectivity index is 1.20. The van der Waals surface area contributed by atoms with Gasteiger partial charge >= 0.3 is 5.97 Å². The van der Waals surface area contributed by atoms with Gasteiger partial charge < -0.3 is 30.1 Å². The van der Waals surface area contributed by atoms with Gasteiger partial charge in [-0.15, -0.1) is 22.0 Å². The van der Waals surface area contributed by atoms with Gasteiger partial charge in [-0.05, 0) is 13.3 Å². The molecule has 3 amide bonds. The third-order valence-corrected chi connectivity index (χ3v) is 9.44. The number of hydrogen-bond acceptors (Lipinski definition) is 10. The first-order valence-corrected chi connectivity index (χ1v) is 13.6. The minimum atomic E-state index is -1.17. The number of nitrogens with one attached hydrogen (secondary N) is 3. The average Bonchev–Trinajstić information content (AvgIpc) is 3.59. The van der Waals surface area contributed by atoms with Gasteiger partial charge in [0.05, 0.1) is 30.4 Å². The first-order chi connectivity index (χ1) is 18.6. The van der Waals surface area contributed by atoms with Gasteiger partial charge in [-0.2, -0.15) is 0 Å². The van der Waals surface area contributed by atoms with E-state index in [2.05, 4.69) is 20.8 Å². The Hall–Kier alpha value is -3.50. The minimum Gasteiger partial charge on any atom is -0.477 e. The number of carboxylic acids is 1. The monoisotopic (exact) mass is 560 g/mol. The number of carbonyl (C=O) groups excluding carboxylic acids is 3. The number of carboxylic acid groups (broad SMARTS) is 1. The van der Waals surface area contributed by atoms with Crippen LogP contribution in [0.25, 0.3) is 0 Å². The number of amides is 3. The molecule has 1 unspecified atom stereocenters. The van der Waals surface area contributed by atoms with Crippen molar-refractivity contribution in [1.29, 1.82) is 5.41 Å². The van der Waals surface area contributed by atoms with Crippen LogP contribution < -0.4 is 16.5 Å². The van der Waals surface area contributed by atoms with Crippen molar-refractivity contribution in [2.75, 3.05) is 26.2 Å². The molecule has 4 aliphatic heterocycles. The molecular formula is C23H32N10O5S. The topological polar surface area (TPSA) is 203 Å². The number of carbonyl (C=O) groups is 4. The van der Waals surface area contributed by atoms with Gasteiger partial charge in [-0.3, -0.25) is 24.8 Å². The summed E-state index contributed by atoms with van der Waals surface area (Å²) in [4.78, 5) is 54.3. The maximum Gasteiger partial charge on any atom is 0.353 e. The summed E-state index contributed by atoms with van der Waals surface area (Å²) in [6, 6.07) is -1.10. The van der Waals surface area contributed by atoms with Crippen molar-refractivity contribution < 1.29 is 24.3 Å². The molecule has 0 saturated carbocycles. The van der Waals surface area contributed by atoms with E-state index in [1.165, 1.54) is 16.7 Å². The van der Waals surface area contributed by atoms with Crippen molar-refractivity contribution >= 4 is 41.8 Å². The summed E-state index contributed by atoms with van der Waals surface area (Å²) in [6.45, 7) is 5.12. The molecule has 0 aromatic carbocycles. The molecule has 0 radical (unpaired) electrons. The number of thioether (sulfide) groups is 1. The molecule has 5 rings (SSSR count). The van der Waals surface area contributed by atoms with Crippen LogP contribution in [0.4, 0.5) is 0 Å². The van der Waals surface area contributed by atoms with Crippen LogP contribution in [0.2, 0.25) is 0 Å². The van der Waals surface area contributed by atoms with Crippen LogP contribution in [0.3, 0.4) is 0 Å². The Kier molecular flexibility index (Phi) is 7.35. The summed E-state index contributed by atoms with van der Waals surface area (Å²) in [7, 11) is 0. The zero-order valence-electron chi connectivity index (χ0n) is 21.6. The van der Waals surface area contributed by atoms with Crippen LogP contribution in [0, 0.1) is 17.2 Å². The van der Waals surface area contributed by atoms with E-state index in [4.69, 9.17) is 11.3 Å². The van der Waals surface area contributed by atoms with E-state index in [-0.39, 0.29) is 53.3 Å². The zero-order valence-corrected chi connectivity index (χ0v) is 22.4. The molecule has 1 aromatic heterocycles. The Morgan fingerprint density at radius 2 is 2.05 bits per heavy atom. The van der Waals surface area contributed by atoms with Gasteiger partial charge in [0.2, 0.25) is 17.7 Å². The lowest BCUT2D eigenvalue weighted by Gasteiger charge is -2.47. The summed E-state index contributed by atoms with van der Waals surface area (Å²) in [5, 5.41) is 31.6. The lowest BCUT2D eigenvalue weighted by molar-refractivity contribution is -0.158. The summed E-state index contributed by atoms with van der Waals surface area (Å²) in [5.41, 5.74) is -0.0106. The third kappa shape index (κ3) is 4.87. The number of likely N-dealkylation sites (tertiary alicyclic amines) is 1. The molecule has 15 nitrogen and oxygen atoms in total. The fraction of sp³-hybridized carbons (Fsp3) is 0.609. The molecule has 3 saturated heterocycles. The maximum absolute atomic E-state index is 13.1. The van der Waals surface area contributed by atoms with Crippen LogP contribution >= 0.6 is 11.8 Å². The summed E-state index contributed by atoms with van der Waals surface area (Å²) >= 11 is 1.42. The fourth-order valence-electron chi connectivity index (χ4n) is 5.90. The molecule has 5 heterocycles. The van der Waals surface area contributed by atoms with E-state index in [1.807, 2.05) is 11.5 Å². The largest absolute Gasteiger partial charge is 0.477 e. The SMILES string of the molecule is C[C@H]1C(S[C@@H]2CN[C@H](C(=O)N3CC(n4cnnc4)C3)C2)=C(C(=O)O)N2C(=O)[C@H]([C@@H](C)NC(=O)CN(N)C=N)C12. The highest BCUT2D eigenvalue weighted by Crippen LogP contribution is 2.51. The molecule has 210 valence electrons. The summed E-state index contributed by atoms with van der Waals surface area (Å²) < 4.78 is 1.89. The normalized spacial score (nSPS) is 29.0. The molecule has 1 aromatic rings. The number of nitrogens with zero attached hydrogens (tertiary/aromatic N) is 6. The number of aromatic nitrogens is 3. The number of rotatable bonds is 10. The van der Waals surface area contributed by atoms with Crippen molar-refractivity contribution in [3.8, 4) is 0 Å². The van der Waals surface area contributed by atoms with Crippen LogP contribution in [-0.2, 0) is 19.2 Å². The Morgan fingerprint density at radius 3 is 2.69 bits per heavy atom. The van der Waals surface area contributed by atoms with Crippen LogP contribution in [0.5, 0.6) is 0 Å². The quantitative estimate of drug-likeness (QED) is 0.0709. The molecule has 4 aliphatic rings. The summed E-state index contributed by atoms with van der Waals surface area (Å²) in [5.74, 6) is 2.73. The van der Waals surface area contributed by atoms with E-state index in [1.54, 1.807) is 24.5 Å². The number of hydrogen-bond donors (Lipinski definition) is 5. The molecular weight excluding hydrogens is 528 g/mol. The fourth-order valence-corrected chi connectivity index (χ4v) is 7.38. The molecule has 39 heavy (non-hydrogen) atoms. The maximum atomic E-state index is 13.1. The smallest absolute Gasteiger partial charge is 0.353 e. The lowest BCUT2D eigenvalue weighted by atomic mass is 9.78. The van der Waals surface area contributed by atoms with Crippen molar-refractivity contribution in [3.05, 3.63) is 23.3 Å². The zero-order chi connectivity index (χ0) is 28.0. The van der Waals surface area contributed by atoms with E-state index in [9.17, 15) is 24.3 Å². The highest BCUT2D eigenvalue weighted by molar-refractivity contribution is 8.03. The van der Waals surface area contributed by atoms with Gasteiger partial charge in [0.15, 0.2) is 0 Å². The van der Waals surface area contributed by atoms with Gasteiger partial charge in [0.25, 0.3) is 0 Å². The number of fused-ring (bicyclic) bond motifs is 1. The first-order valence-electron chi connectivity index (χ1n) is 12.8. The van der Waals surface area contributed by atoms with E-state index in [0.29, 0.717) is 31.0 Å². The lowest BCUT2D eigenvalue weighted by Crippen LogP contribution is -2.66. The molecule has 0 spiro atoms. The Labute approximate surface area is 228 Å².